The van der Waals surface area contributed by atoms with Gasteiger partial charge in [-0.15, -0.1) is 0 Å². The molecule has 4 heteroatoms. The number of likely N-dealkylation sites (tertiary alicyclic amines) is 1. The second kappa shape index (κ2) is 9.93. The maximum absolute atomic E-state index is 12.2. The number of aryl methyl sites for hydroxylation is 1. The summed E-state index contributed by atoms with van der Waals surface area (Å²) in [5, 5.41) is 2.98. The third kappa shape index (κ3) is 5.60. The molecule has 1 saturated heterocycles. The molecule has 0 saturated carbocycles. The summed E-state index contributed by atoms with van der Waals surface area (Å²) in [6.45, 7) is 4.06. The average Bonchev–Trinajstić information content (AvgIpc) is 2.78. The van der Waals surface area contributed by atoms with Crippen LogP contribution in [0.1, 0.15) is 54.4 Å². The first kappa shape index (κ1) is 20.0. The Morgan fingerprint density at radius 2 is 1.66 bits per heavy atom. The number of ether oxygens (including phenoxy) is 1. The van der Waals surface area contributed by atoms with E-state index in [1.807, 2.05) is 12.1 Å². The van der Waals surface area contributed by atoms with Crippen LogP contribution < -0.4 is 10.1 Å². The lowest BCUT2D eigenvalue weighted by molar-refractivity contribution is -0.123. The molecule has 0 radical (unpaired) electrons. The smallest absolute Gasteiger partial charge is 0.258 e. The number of rotatable bonds is 7. The molecule has 1 aliphatic carbocycles. The second-order valence-electron chi connectivity index (χ2n) is 8.32. The van der Waals surface area contributed by atoms with Gasteiger partial charge in [-0.05, 0) is 79.9 Å². The fraction of sp³-hybridized carbons (Fsp3) is 0.480. The van der Waals surface area contributed by atoms with Crippen LogP contribution in [0.3, 0.4) is 0 Å². The molecule has 1 N–H and O–H groups in total. The van der Waals surface area contributed by atoms with E-state index >= 15 is 0 Å². The van der Waals surface area contributed by atoms with Gasteiger partial charge in [0, 0.05) is 13.1 Å². The van der Waals surface area contributed by atoms with E-state index in [9.17, 15) is 4.79 Å². The Kier molecular flexibility index (Phi) is 6.83. The molecule has 2 aromatic rings. The molecular weight excluding hydrogens is 360 g/mol. The lowest BCUT2D eigenvalue weighted by atomic mass is 9.91. The van der Waals surface area contributed by atoms with Gasteiger partial charge in [0.15, 0.2) is 6.61 Å². The van der Waals surface area contributed by atoms with Crippen molar-refractivity contribution < 1.29 is 9.53 Å². The van der Waals surface area contributed by atoms with Crippen LogP contribution >= 0.6 is 0 Å². The summed E-state index contributed by atoms with van der Waals surface area (Å²) in [6.07, 6.45) is 8.62. The predicted molar refractivity (Wildman–Crippen MR) is 116 cm³/mol. The highest BCUT2D eigenvalue weighted by atomic mass is 16.5. The Hall–Kier alpha value is -2.33. The molecule has 0 aromatic heterocycles. The molecule has 4 rings (SSSR count). The van der Waals surface area contributed by atoms with Crippen LogP contribution in [0.2, 0.25) is 0 Å². The number of hydrogen-bond donors (Lipinski definition) is 1. The van der Waals surface area contributed by atoms with Crippen LogP contribution in [0.5, 0.6) is 5.75 Å². The minimum atomic E-state index is -0.0733. The van der Waals surface area contributed by atoms with E-state index in [4.69, 9.17) is 4.74 Å². The maximum Gasteiger partial charge on any atom is 0.258 e. The zero-order chi connectivity index (χ0) is 19.9. The van der Waals surface area contributed by atoms with Crippen LogP contribution in [-0.4, -0.2) is 30.5 Å². The summed E-state index contributed by atoms with van der Waals surface area (Å²) in [5.74, 6) is 0.801. The van der Waals surface area contributed by atoms with Crippen LogP contribution in [0, 0.1) is 0 Å². The first-order chi connectivity index (χ1) is 14.3. The normalized spacial score (nSPS) is 16.8. The second-order valence-corrected chi connectivity index (χ2v) is 8.32. The Labute approximate surface area is 174 Å². The predicted octanol–water partition coefficient (Wildman–Crippen LogP) is 4.25. The number of carbonyl (C=O) groups excluding carboxylic acids is 1. The minimum Gasteiger partial charge on any atom is -0.483 e. The molecule has 0 bridgehead atoms. The number of carbonyl (C=O) groups is 1. The van der Waals surface area contributed by atoms with Gasteiger partial charge < -0.3 is 10.1 Å². The molecule has 0 atom stereocenters. The van der Waals surface area contributed by atoms with Gasteiger partial charge >= 0.3 is 0 Å². The van der Waals surface area contributed by atoms with E-state index in [0.717, 1.165) is 30.7 Å². The Balaban J connectivity index is 1.22. The molecular formula is C25H32N2O2. The van der Waals surface area contributed by atoms with Gasteiger partial charge in [-0.1, -0.05) is 42.8 Å². The van der Waals surface area contributed by atoms with Crippen molar-refractivity contribution in [2.45, 2.75) is 58.0 Å². The summed E-state index contributed by atoms with van der Waals surface area (Å²) < 4.78 is 5.84. The van der Waals surface area contributed by atoms with Gasteiger partial charge in [-0.25, -0.2) is 0 Å². The third-order valence-corrected chi connectivity index (χ3v) is 6.08. The van der Waals surface area contributed by atoms with Gasteiger partial charge in [0.1, 0.15) is 5.75 Å². The number of fused-ring (bicyclic) bond motifs is 1. The van der Waals surface area contributed by atoms with E-state index in [1.54, 1.807) is 0 Å². The number of hydrogen-bond acceptors (Lipinski definition) is 3. The van der Waals surface area contributed by atoms with Crippen molar-refractivity contribution in [1.29, 1.82) is 0 Å². The van der Waals surface area contributed by atoms with Crippen LogP contribution in [0.15, 0.2) is 42.5 Å². The van der Waals surface area contributed by atoms with Crippen molar-refractivity contribution in [3.63, 3.8) is 0 Å². The Morgan fingerprint density at radius 3 is 2.48 bits per heavy atom. The van der Waals surface area contributed by atoms with E-state index in [1.165, 1.54) is 61.9 Å². The summed E-state index contributed by atoms with van der Waals surface area (Å²) in [6, 6.07) is 14.8. The number of benzene rings is 2. The van der Waals surface area contributed by atoms with Crippen molar-refractivity contribution in [1.82, 2.24) is 10.2 Å². The summed E-state index contributed by atoms with van der Waals surface area (Å²) >= 11 is 0. The fourth-order valence-corrected chi connectivity index (χ4v) is 4.41. The van der Waals surface area contributed by atoms with Gasteiger partial charge in [0.25, 0.3) is 5.91 Å². The molecule has 29 heavy (non-hydrogen) atoms. The van der Waals surface area contributed by atoms with E-state index < -0.39 is 0 Å². The van der Waals surface area contributed by atoms with Crippen molar-refractivity contribution in [3.8, 4) is 5.75 Å². The largest absolute Gasteiger partial charge is 0.483 e. The molecule has 1 heterocycles. The number of amides is 1. The Bertz CT molecular complexity index is 810. The van der Waals surface area contributed by atoms with Crippen molar-refractivity contribution in [2.24, 2.45) is 0 Å². The van der Waals surface area contributed by atoms with Crippen molar-refractivity contribution in [3.05, 3.63) is 64.7 Å². The number of piperidine rings is 1. The van der Waals surface area contributed by atoms with E-state index in [-0.39, 0.29) is 12.5 Å². The minimum absolute atomic E-state index is 0.0729. The summed E-state index contributed by atoms with van der Waals surface area (Å²) in [4.78, 5) is 14.8. The van der Waals surface area contributed by atoms with Gasteiger partial charge in [0.05, 0.1) is 0 Å². The average molecular weight is 393 g/mol. The van der Waals surface area contributed by atoms with Gasteiger partial charge in [0.2, 0.25) is 0 Å². The SMILES string of the molecule is O=C(COc1cccc2c1CCCC2)NCc1ccc(CN2CCCCC2)cc1. The van der Waals surface area contributed by atoms with Crippen LogP contribution in [0.25, 0.3) is 0 Å². The fourth-order valence-electron chi connectivity index (χ4n) is 4.41. The molecule has 2 aromatic carbocycles. The Morgan fingerprint density at radius 1 is 0.897 bits per heavy atom. The molecule has 1 aliphatic heterocycles. The number of nitrogens with zero attached hydrogens (tertiary/aromatic N) is 1. The van der Waals surface area contributed by atoms with E-state index in [2.05, 4.69) is 40.5 Å². The van der Waals surface area contributed by atoms with Crippen LogP contribution in [0.4, 0.5) is 0 Å². The highest BCUT2D eigenvalue weighted by Crippen LogP contribution is 2.29. The molecule has 0 unspecified atom stereocenters. The molecule has 1 fully saturated rings. The molecule has 1 amide bonds. The zero-order valence-electron chi connectivity index (χ0n) is 17.3. The first-order valence-electron chi connectivity index (χ1n) is 11.1. The molecule has 4 nitrogen and oxygen atoms in total. The topological polar surface area (TPSA) is 41.6 Å². The maximum atomic E-state index is 12.2. The van der Waals surface area contributed by atoms with Crippen molar-refractivity contribution in [2.75, 3.05) is 19.7 Å². The standard InChI is InChI=1S/C25H32N2O2/c28-25(19-29-24-10-6-8-22-7-2-3-9-23(22)24)26-17-20-11-13-21(14-12-20)18-27-15-4-1-5-16-27/h6,8,10-14H,1-5,7,9,15-19H2,(H,26,28). The molecule has 154 valence electrons. The summed E-state index contributed by atoms with van der Waals surface area (Å²) in [5.41, 5.74) is 5.13. The van der Waals surface area contributed by atoms with Gasteiger partial charge in [-0.2, -0.15) is 0 Å². The lowest BCUT2D eigenvalue weighted by Gasteiger charge is -2.26. The lowest BCUT2D eigenvalue weighted by Crippen LogP contribution is -2.29. The quantitative estimate of drug-likeness (QED) is 0.766. The highest BCUT2D eigenvalue weighted by molar-refractivity contribution is 5.77. The third-order valence-electron chi connectivity index (χ3n) is 6.08. The van der Waals surface area contributed by atoms with E-state index in [0.29, 0.717) is 6.54 Å². The van der Waals surface area contributed by atoms with Crippen molar-refractivity contribution >= 4 is 5.91 Å². The zero-order valence-corrected chi connectivity index (χ0v) is 17.3. The first-order valence-corrected chi connectivity index (χ1v) is 11.1. The van der Waals surface area contributed by atoms with Crippen LogP contribution in [-0.2, 0) is 30.7 Å². The molecule has 2 aliphatic rings. The number of nitrogens with one attached hydrogen (secondary N) is 1. The summed E-state index contributed by atoms with van der Waals surface area (Å²) in [7, 11) is 0. The molecule has 0 spiro atoms. The highest BCUT2D eigenvalue weighted by Gasteiger charge is 2.15. The van der Waals surface area contributed by atoms with Gasteiger partial charge in [-0.3, -0.25) is 9.69 Å². The monoisotopic (exact) mass is 392 g/mol.